The lowest BCUT2D eigenvalue weighted by Crippen LogP contribution is -2.18. The van der Waals surface area contributed by atoms with Crippen molar-refractivity contribution in [3.63, 3.8) is 0 Å². The van der Waals surface area contributed by atoms with Gasteiger partial charge < -0.3 is 5.32 Å². The van der Waals surface area contributed by atoms with Crippen LogP contribution in [0.15, 0.2) is 35.6 Å². The Balaban J connectivity index is 2.42. The fraction of sp³-hybridized carbons (Fsp3) is 0.222. The molecule has 1 heterocycles. The van der Waals surface area contributed by atoms with Crippen molar-refractivity contribution in [1.82, 2.24) is 5.32 Å². The largest absolute Gasteiger partial charge is 0.387 e. The smallest absolute Gasteiger partial charge is 0.185 e. The first-order valence-corrected chi connectivity index (χ1v) is 3.72. The summed E-state index contributed by atoms with van der Waals surface area (Å²) in [5.41, 5.74) is 2.00. The average Bonchev–Trinajstić information content (AvgIpc) is 2.06. The van der Waals surface area contributed by atoms with Gasteiger partial charge in [0.05, 0.1) is 0 Å². The Morgan fingerprint density at radius 2 is 2.36 bits per heavy atom. The summed E-state index contributed by atoms with van der Waals surface area (Å²) in [6.45, 7) is 0.776. The van der Waals surface area contributed by atoms with Crippen molar-refractivity contribution in [2.24, 2.45) is 0 Å². The zero-order valence-electron chi connectivity index (χ0n) is 6.13. The summed E-state index contributed by atoms with van der Waals surface area (Å²) in [4.78, 5) is 11.2. The maximum Gasteiger partial charge on any atom is 0.185 e. The summed E-state index contributed by atoms with van der Waals surface area (Å²) in [6, 6.07) is 0. The Kier molecular flexibility index (Phi) is 1.39. The molecule has 2 aliphatic rings. The van der Waals surface area contributed by atoms with Crippen LogP contribution in [0.25, 0.3) is 0 Å². The normalized spacial score (nSPS) is 21.6. The van der Waals surface area contributed by atoms with E-state index < -0.39 is 0 Å². The summed E-state index contributed by atoms with van der Waals surface area (Å²) < 4.78 is 0. The molecular weight excluding hydrogens is 138 g/mol. The van der Waals surface area contributed by atoms with Gasteiger partial charge in [-0.1, -0.05) is 12.2 Å². The van der Waals surface area contributed by atoms with Crippen LogP contribution in [0.2, 0.25) is 0 Å². The molecule has 0 amide bonds. The Hall–Kier alpha value is -1.31. The number of allylic oxidation sites excluding steroid dienone is 4. The highest BCUT2D eigenvalue weighted by atomic mass is 16.1. The van der Waals surface area contributed by atoms with Crippen molar-refractivity contribution in [1.29, 1.82) is 0 Å². The molecule has 0 aromatic heterocycles. The van der Waals surface area contributed by atoms with Crippen LogP contribution in [-0.4, -0.2) is 12.3 Å². The van der Waals surface area contributed by atoms with Gasteiger partial charge in [-0.3, -0.25) is 4.79 Å². The molecule has 2 heteroatoms. The number of dihydropyridines is 1. The van der Waals surface area contributed by atoms with Gasteiger partial charge in [0.1, 0.15) is 0 Å². The summed E-state index contributed by atoms with van der Waals surface area (Å²) >= 11 is 0. The maximum absolute atomic E-state index is 11.2. The highest BCUT2D eigenvalue weighted by molar-refractivity contribution is 6.08. The molecule has 0 fully saturated rings. The van der Waals surface area contributed by atoms with Crippen LogP contribution in [0.1, 0.15) is 6.42 Å². The monoisotopic (exact) mass is 147 g/mol. The van der Waals surface area contributed by atoms with E-state index in [0.29, 0.717) is 0 Å². The Bertz CT molecular complexity index is 284. The first kappa shape index (κ1) is 6.40. The van der Waals surface area contributed by atoms with E-state index in [1.54, 1.807) is 6.08 Å². The van der Waals surface area contributed by atoms with Crippen LogP contribution in [0, 0.1) is 0 Å². The molecule has 1 aliphatic heterocycles. The molecule has 0 unspecified atom stereocenters. The van der Waals surface area contributed by atoms with E-state index in [4.69, 9.17) is 0 Å². The van der Waals surface area contributed by atoms with Gasteiger partial charge in [-0.05, 0) is 18.1 Å². The number of ketones is 1. The lowest BCUT2D eigenvalue weighted by Gasteiger charge is -2.16. The lowest BCUT2D eigenvalue weighted by atomic mass is 9.93. The molecule has 0 radical (unpaired) electrons. The number of hydrogen-bond donors (Lipinski definition) is 1. The number of rotatable bonds is 0. The van der Waals surface area contributed by atoms with Crippen molar-refractivity contribution < 1.29 is 4.79 Å². The first-order valence-electron chi connectivity index (χ1n) is 3.72. The van der Waals surface area contributed by atoms with Gasteiger partial charge in [0.2, 0.25) is 0 Å². The predicted molar refractivity (Wildman–Crippen MR) is 42.9 cm³/mol. The van der Waals surface area contributed by atoms with Crippen molar-refractivity contribution in [3.05, 3.63) is 35.6 Å². The van der Waals surface area contributed by atoms with Gasteiger partial charge in [-0.15, -0.1) is 0 Å². The van der Waals surface area contributed by atoms with Crippen molar-refractivity contribution in [2.75, 3.05) is 6.54 Å². The standard InChI is InChI=1S/C9H9NO/c11-9-3-1-2-7-6-10-5-4-8(7)9/h1,3-4,6,10H,2,5H2. The highest BCUT2D eigenvalue weighted by Crippen LogP contribution is 2.21. The van der Waals surface area contributed by atoms with Crippen molar-refractivity contribution >= 4 is 5.78 Å². The van der Waals surface area contributed by atoms with Gasteiger partial charge in [-0.2, -0.15) is 0 Å². The second-order valence-corrected chi connectivity index (χ2v) is 2.67. The SMILES string of the molecule is O=C1C=CCC2=CNCC=C12. The van der Waals surface area contributed by atoms with Crippen LogP contribution >= 0.6 is 0 Å². The quantitative estimate of drug-likeness (QED) is 0.552. The molecule has 0 saturated heterocycles. The predicted octanol–water partition coefficient (Wildman–Crippen LogP) is 0.929. The minimum Gasteiger partial charge on any atom is -0.387 e. The summed E-state index contributed by atoms with van der Waals surface area (Å²) in [5.74, 6) is 0.143. The summed E-state index contributed by atoms with van der Waals surface area (Å²) in [5, 5.41) is 3.08. The highest BCUT2D eigenvalue weighted by Gasteiger charge is 2.16. The van der Waals surface area contributed by atoms with Crippen molar-refractivity contribution in [3.8, 4) is 0 Å². The molecule has 11 heavy (non-hydrogen) atoms. The molecular formula is C9H9NO. The van der Waals surface area contributed by atoms with Crippen LogP contribution in [0.3, 0.4) is 0 Å². The number of carbonyl (C=O) groups is 1. The zero-order valence-corrected chi connectivity index (χ0v) is 6.13. The molecule has 0 atom stereocenters. The topological polar surface area (TPSA) is 29.1 Å². The van der Waals surface area contributed by atoms with Crippen LogP contribution < -0.4 is 5.32 Å². The molecule has 0 aromatic rings. The van der Waals surface area contributed by atoms with Crippen molar-refractivity contribution in [2.45, 2.75) is 6.42 Å². The Morgan fingerprint density at radius 3 is 3.18 bits per heavy atom. The number of nitrogens with one attached hydrogen (secondary N) is 1. The van der Waals surface area contributed by atoms with E-state index in [-0.39, 0.29) is 5.78 Å². The Morgan fingerprint density at radius 1 is 1.45 bits per heavy atom. The molecule has 0 spiro atoms. The number of carbonyl (C=O) groups excluding carboxylic acids is 1. The lowest BCUT2D eigenvalue weighted by molar-refractivity contribution is -0.111. The molecule has 2 nitrogen and oxygen atoms in total. The van der Waals surface area contributed by atoms with E-state index >= 15 is 0 Å². The minimum atomic E-state index is 0.143. The van der Waals surface area contributed by atoms with Gasteiger partial charge >= 0.3 is 0 Å². The zero-order chi connectivity index (χ0) is 7.68. The van der Waals surface area contributed by atoms with Crippen LogP contribution in [-0.2, 0) is 4.79 Å². The summed E-state index contributed by atoms with van der Waals surface area (Å²) in [7, 11) is 0. The van der Waals surface area contributed by atoms with E-state index in [2.05, 4.69) is 5.32 Å². The fourth-order valence-corrected chi connectivity index (χ4v) is 1.36. The van der Waals surface area contributed by atoms with Crippen LogP contribution in [0.5, 0.6) is 0 Å². The molecule has 1 N–H and O–H groups in total. The van der Waals surface area contributed by atoms with Gasteiger partial charge in [0.15, 0.2) is 5.78 Å². The second-order valence-electron chi connectivity index (χ2n) is 2.67. The van der Waals surface area contributed by atoms with Gasteiger partial charge in [0, 0.05) is 18.3 Å². The second kappa shape index (κ2) is 2.38. The first-order chi connectivity index (χ1) is 5.38. The third-order valence-corrected chi connectivity index (χ3v) is 1.92. The number of hydrogen-bond acceptors (Lipinski definition) is 2. The van der Waals surface area contributed by atoms with Crippen LogP contribution in [0.4, 0.5) is 0 Å². The molecule has 0 aromatic carbocycles. The molecule has 2 rings (SSSR count). The molecule has 0 saturated carbocycles. The van der Waals surface area contributed by atoms with E-state index in [1.807, 2.05) is 18.4 Å². The fourth-order valence-electron chi connectivity index (χ4n) is 1.36. The average molecular weight is 147 g/mol. The maximum atomic E-state index is 11.2. The molecule has 1 aliphatic carbocycles. The third kappa shape index (κ3) is 1.00. The third-order valence-electron chi connectivity index (χ3n) is 1.92. The summed E-state index contributed by atoms with van der Waals surface area (Å²) in [6.07, 6.45) is 8.30. The van der Waals surface area contributed by atoms with E-state index in [1.165, 1.54) is 0 Å². The van der Waals surface area contributed by atoms with Gasteiger partial charge in [-0.25, -0.2) is 0 Å². The minimum absolute atomic E-state index is 0.143. The molecule has 56 valence electrons. The van der Waals surface area contributed by atoms with E-state index in [9.17, 15) is 4.79 Å². The Labute approximate surface area is 65.3 Å². The number of fused-ring (bicyclic) bond motifs is 1. The van der Waals surface area contributed by atoms with Gasteiger partial charge in [0.25, 0.3) is 0 Å². The molecule has 0 bridgehead atoms. The van der Waals surface area contributed by atoms with E-state index in [0.717, 1.165) is 24.1 Å².